The van der Waals surface area contributed by atoms with Crippen molar-refractivity contribution in [1.29, 1.82) is 0 Å². The number of rotatable bonds is 8. The van der Waals surface area contributed by atoms with Crippen LogP contribution in [0, 0.1) is 11.8 Å². The standard InChI is InChI=1S/C21H32N2O2/c1-5-17-9-11-19(12-10-17)23-14-18(13-20(23)24)21(25)22-16(4)8-6-7-15(2)3/h9-12,15-16,18H,5-8,13-14H2,1-4H3,(H,22,25)/t16-,18-/m0/s1. The van der Waals surface area contributed by atoms with E-state index < -0.39 is 0 Å². The zero-order valence-corrected chi connectivity index (χ0v) is 16.0. The van der Waals surface area contributed by atoms with Gasteiger partial charge >= 0.3 is 0 Å². The minimum atomic E-state index is -0.245. The average molecular weight is 344 g/mol. The number of benzene rings is 1. The first-order chi connectivity index (χ1) is 11.9. The zero-order chi connectivity index (χ0) is 18.4. The van der Waals surface area contributed by atoms with Gasteiger partial charge in [0.05, 0.1) is 5.92 Å². The van der Waals surface area contributed by atoms with Gasteiger partial charge in [-0.1, -0.05) is 45.7 Å². The second-order valence-electron chi connectivity index (χ2n) is 7.66. The average Bonchev–Trinajstić information content (AvgIpc) is 2.96. The van der Waals surface area contributed by atoms with Crippen molar-refractivity contribution >= 4 is 17.5 Å². The van der Waals surface area contributed by atoms with E-state index in [1.54, 1.807) is 4.90 Å². The Balaban J connectivity index is 1.86. The molecule has 4 heteroatoms. The fraction of sp³-hybridized carbons (Fsp3) is 0.619. The third kappa shape index (κ3) is 5.58. The molecule has 2 amide bonds. The highest BCUT2D eigenvalue weighted by Gasteiger charge is 2.35. The van der Waals surface area contributed by atoms with Crippen LogP contribution in [0.2, 0.25) is 0 Å². The number of hydrogen-bond acceptors (Lipinski definition) is 2. The lowest BCUT2D eigenvalue weighted by Crippen LogP contribution is -2.38. The van der Waals surface area contributed by atoms with Gasteiger partial charge in [0, 0.05) is 24.7 Å². The van der Waals surface area contributed by atoms with Crippen LogP contribution in [0.3, 0.4) is 0 Å². The summed E-state index contributed by atoms with van der Waals surface area (Å²) in [7, 11) is 0. The molecule has 0 unspecified atom stereocenters. The first-order valence-corrected chi connectivity index (χ1v) is 9.60. The zero-order valence-electron chi connectivity index (χ0n) is 16.0. The summed E-state index contributed by atoms with van der Waals surface area (Å²) in [5.74, 6) is 0.504. The normalized spacial score (nSPS) is 18.7. The maximum Gasteiger partial charge on any atom is 0.227 e. The van der Waals surface area contributed by atoms with Gasteiger partial charge in [-0.2, -0.15) is 0 Å². The smallest absolute Gasteiger partial charge is 0.227 e. The first-order valence-electron chi connectivity index (χ1n) is 9.60. The molecule has 0 aliphatic carbocycles. The third-order valence-corrected chi connectivity index (χ3v) is 4.96. The van der Waals surface area contributed by atoms with Gasteiger partial charge in [0.15, 0.2) is 0 Å². The van der Waals surface area contributed by atoms with E-state index in [1.807, 2.05) is 24.3 Å². The number of nitrogens with zero attached hydrogens (tertiary/aromatic N) is 1. The molecule has 1 aliphatic heterocycles. The lowest BCUT2D eigenvalue weighted by molar-refractivity contribution is -0.126. The molecule has 1 saturated heterocycles. The van der Waals surface area contributed by atoms with Crippen LogP contribution in [0.25, 0.3) is 0 Å². The Labute approximate surface area is 152 Å². The van der Waals surface area contributed by atoms with Crippen molar-refractivity contribution in [2.24, 2.45) is 11.8 Å². The Hall–Kier alpha value is -1.84. The molecule has 1 N–H and O–H groups in total. The Morgan fingerprint density at radius 1 is 1.20 bits per heavy atom. The van der Waals surface area contributed by atoms with Gasteiger partial charge in [0.1, 0.15) is 0 Å². The molecule has 0 spiro atoms. The second-order valence-corrected chi connectivity index (χ2v) is 7.66. The minimum Gasteiger partial charge on any atom is -0.353 e. The Morgan fingerprint density at radius 2 is 1.88 bits per heavy atom. The molecular formula is C21H32N2O2. The molecule has 1 aromatic carbocycles. The highest BCUT2D eigenvalue weighted by atomic mass is 16.2. The van der Waals surface area contributed by atoms with Crippen LogP contribution in [0.5, 0.6) is 0 Å². The maximum absolute atomic E-state index is 12.5. The van der Waals surface area contributed by atoms with Gasteiger partial charge in [-0.25, -0.2) is 0 Å². The van der Waals surface area contributed by atoms with Crippen LogP contribution in [-0.2, 0) is 16.0 Å². The number of hydrogen-bond donors (Lipinski definition) is 1. The molecule has 2 atom stereocenters. The molecule has 1 fully saturated rings. The van der Waals surface area contributed by atoms with Gasteiger partial charge in [0.25, 0.3) is 0 Å². The summed E-state index contributed by atoms with van der Waals surface area (Å²) in [5.41, 5.74) is 2.14. The van der Waals surface area contributed by atoms with Crippen LogP contribution < -0.4 is 10.2 Å². The van der Waals surface area contributed by atoms with E-state index in [1.165, 1.54) is 12.0 Å². The predicted molar refractivity (Wildman–Crippen MR) is 103 cm³/mol. The molecule has 2 rings (SSSR count). The molecule has 0 aromatic heterocycles. The highest BCUT2D eigenvalue weighted by molar-refractivity contribution is 6.00. The molecule has 0 saturated carbocycles. The van der Waals surface area contributed by atoms with E-state index in [-0.39, 0.29) is 23.8 Å². The second kappa shape index (κ2) is 9.02. The van der Waals surface area contributed by atoms with Crippen LogP contribution in [-0.4, -0.2) is 24.4 Å². The summed E-state index contributed by atoms with van der Waals surface area (Å²) in [4.78, 5) is 26.6. The molecule has 138 valence electrons. The lowest BCUT2D eigenvalue weighted by atomic mass is 10.0. The predicted octanol–water partition coefficient (Wildman–Crippen LogP) is 3.93. The molecule has 25 heavy (non-hydrogen) atoms. The van der Waals surface area contributed by atoms with Crippen molar-refractivity contribution in [2.75, 3.05) is 11.4 Å². The molecule has 0 bridgehead atoms. The van der Waals surface area contributed by atoms with Gasteiger partial charge in [0.2, 0.25) is 11.8 Å². The summed E-state index contributed by atoms with van der Waals surface area (Å²) in [6.45, 7) is 9.08. The maximum atomic E-state index is 12.5. The van der Waals surface area contributed by atoms with Crippen LogP contribution in [0.1, 0.15) is 58.9 Å². The summed E-state index contributed by atoms with van der Waals surface area (Å²) in [6, 6.07) is 8.22. The van der Waals surface area contributed by atoms with E-state index in [9.17, 15) is 9.59 Å². The summed E-state index contributed by atoms with van der Waals surface area (Å²) >= 11 is 0. The third-order valence-electron chi connectivity index (χ3n) is 4.96. The minimum absolute atomic E-state index is 0.0121. The lowest BCUT2D eigenvalue weighted by Gasteiger charge is -2.19. The van der Waals surface area contributed by atoms with Crippen molar-refractivity contribution in [3.8, 4) is 0 Å². The Bertz CT molecular complexity index is 580. The molecule has 0 radical (unpaired) electrons. The summed E-state index contributed by atoms with van der Waals surface area (Å²) in [6.07, 6.45) is 4.59. The van der Waals surface area contributed by atoms with E-state index in [4.69, 9.17) is 0 Å². The van der Waals surface area contributed by atoms with Crippen LogP contribution >= 0.6 is 0 Å². The number of carbonyl (C=O) groups is 2. The summed E-state index contributed by atoms with van der Waals surface area (Å²) in [5, 5.41) is 3.09. The van der Waals surface area contributed by atoms with Crippen molar-refractivity contribution in [3.05, 3.63) is 29.8 Å². The molecule has 1 heterocycles. The highest BCUT2D eigenvalue weighted by Crippen LogP contribution is 2.26. The molecular weight excluding hydrogens is 312 g/mol. The molecule has 1 aliphatic rings. The fourth-order valence-corrected chi connectivity index (χ4v) is 3.31. The number of carbonyl (C=O) groups excluding carboxylic acids is 2. The monoisotopic (exact) mass is 344 g/mol. The van der Waals surface area contributed by atoms with Crippen molar-refractivity contribution in [3.63, 3.8) is 0 Å². The number of amides is 2. The summed E-state index contributed by atoms with van der Waals surface area (Å²) < 4.78 is 0. The van der Waals surface area contributed by atoms with E-state index in [2.05, 4.69) is 33.0 Å². The van der Waals surface area contributed by atoms with Gasteiger partial charge in [-0.15, -0.1) is 0 Å². The van der Waals surface area contributed by atoms with Crippen molar-refractivity contribution in [1.82, 2.24) is 5.32 Å². The number of anilines is 1. The molecule has 4 nitrogen and oxygen atoms in total. The van der Waals surface area contributed by atoms with E-state index >= 15 is 0 Å². The Morgan fingerprint density at radius 3 is 2.48 bits per heavy atom. The van der Waals surface area contributed by atoms with Gasteiger partial charge in [-0.05, 0) is 43.4 Å². The van der Waals surface area contributed by atoms with E-state index in [0.29, 0.717) is 18.9 Å². The van der Waals surface area contributed by atoms with Crippen molar-refractivity contribution < 1.29 is 9.59 Å². The molecule has 1 aromatic rings. The topological polar surface area (TPSA) is 49.4 Å². The quantitative estimate of drug-likeness (QED) is 0.777. The SMILES string of the molecule is CCc1ccc(N2C[C@@H](C(=O)N[C@@H](C)CCCC(C)C)CC2=O)cc1. The van der Waals surface area contributed by atoms with Gasteiger partial charge < -0.3 is 10.2 Å². The number of aryl methyl sites for hydroxylation is 1. The fourth-order valence-electron chi connectivity index (χ4n) is 3.31. The van der Waals surface area contributed by atoms with E-state index in [0.717, 1.165) is 24.9 Å². The van der Waals surface area contributed by atoms with Crippen LogP contribution in [0.4, 0.5) is 5.69 Å². The van der Waals surface area contributed by atoms with Gasteiger partial charge in [-0.3, -0.25) is 9.59 Å². The largest absolute Gasteiger partial charge is 0.353 e. The van der Waals surface area contributed by atoms with Crippen LogP contribution in [0.15, 0.2) is 24.3 Å². The first kappa shape index (κ1) is 19.5. The van der Waals surface area contributed by atoms with Crippen molar-refractivity contribution in [2.45, 2.75) is 65.8 Å². The number of nitrogens with one attached hydrogen (secondary N) is 1. The Kier molecular flexibility index (Phi) is 7.03.